The van der Waals surface area contributed by atoms with Gasteiger partial charge in [0.1, 0.15) is 0 Å². The minimum absolute atomic E-state index is 0.845. The predicted molar refractivity (Wildman–Crippen MR) is 75.5 cm³/mol. The molecule has 0 aliphatic carbocycles. The highest BCUT2D eigenvalue weighted by Crippen LogP contribution is 2.02. The fourth-order valence-electron chi connectivity index (χ4n) is 2.32. The lowest BCUT2D eigenvalue weighted by molar-refractivity contribution is 0.275. The Labute approximate surface area is 108 Å². The van der Waals surface area contributed by atoms with Crippen LogP contribution >= 0.6 is 0 Å². The lowest BCUT2D eigenvalue weighted by Gasteiger charge is -2.20. The molecular formula is C14H31N3. The van der Waals surface area contributed by atoms with Crippen LogP contribution in [-0.2, 0) is 0 Å². The van der Waals surface area contributed by atoms with Gasteiger partial charge in [0.25, 0.3) is 0 Å². The highest BCUT2D eigenvalue weighted by Gasteiger charge is 2.10. The molecule has 1 aliphatic rings. The van der Waals surface area contributed by atoms with Crippen molar-refractivity contribution in [1.82, 2.24) is 15.1 Å². The molecule has 3 nitrogen and oxygen atoms in total. The van der Waals surface area contributed by atoms with Gasteiger partial charge in [-0.05, 0) is 51.9 Å². The molecule has 17 heavy (non-hydrogen) atoms. The third-order valence-electron chi connectivity index (χ3n) is 3.55. The fraction of sp³-hybridized carbons (Fsp3) is 1.00. The average Bonchev–Trinajstić information content (AvgIpc) is 2.48. The summed E-state index contributed by atoms with van der Waals surface area (Å²) in [4.78, 5) is 5.04. The largest absolute Gasteiger partial charge is 0.315 e. The Morgan fingerprint density at radius 3 is 2.65 bits per heavy atom. The van der Waals surface area contributed by atoms with E-state index >= 15 is 0 Å². The van der Waals surface area contributed by atoms with Gasteiger partial charge in [-0.25, -0.2) is 0 Å². The molecule has 0 spiro atoms. The van der Waals surface area contributed by atoms with Crippen molar-refractivity contribution in [2.45, 2.75) is 33.1 Å². The predicted octanol–water partition coefficient (Wildman–Crippen LogP) is 1.65. The van der Waals surface area contributed by atoms with Gasteiger partial charge in [0.2, 0.25) is 0 Å². The van der Waals surface area contributed by atoms with E-state index in [1.165, 1.54) is 58.5 Å². The number of nitrogens with zero attached hydrogens (tertiary/aromatic N) is 2. The summed E-state index contributed by atoms with van der Waals surface area (Å²) in [6.45, 7) is 13.2. The summed E-state index contributed by atoms with van der Waals surface area (Å²) in [6, 6.07) is 0. The van der Waals surface area contributed by atoms with E-state index in [0.717, 1.165) is 12.5 Å². The van der Waals surface area contributed by atoms with Gasteiger partial charge in [0, 0.05) is 26.2 Å². The summed E-state index contributed by atoms with van der Waals surface area (Å²) >= 11 is 0. The molecule has 0 unspecified atom stereocenters. The zero-order valence-corrected chi connectivity index (χ0v) is 12.0. The quantitative estimate of drug-likeness (QED) is 0.684. The first-order valence-electron chi connectivity index (χ1n) is 7.30. The minimum atomic E-state index is 0.845. The Morgan fingerprint density at radius 2 is 1.88 bits per heavy atom. The van der Waals surface area contributed by atoms with Crippen molar-refractivity contribution in [3.8, 4) is 0 Å². The molecule has 1 heterocycles. The van der Waals surface area contributed by atoms with Crippen LogP contribution in [0.4, 0.5) is 0 Å². The molecule has 102 valence electrons. The molecule has 0 aromatic heterocycles. The smallest absolute Gasteiger partial charge is 0.0110 e. The molecule has 1 rings (SSSR count). The zero-order valence-electron chi connectivity index (χ0n) is 12.0. The van der Waals surface area contributed by atoms with Crippen LogP contribution in [-0.4, -0.2) is 62.7 Å². The van der Waals surface area contributed by atoms with Crippen molar-refractivity contribution in [2.24, 2.45) is 5.92 Å². The molecule has 1 saturated heterocycles. The van der Waals surface area contributed by atoms with Crippen LogP contribution in [0.5, 0.6) is 0 Å². The van der Waals surface area contributed by atoms with Crippen molar-refractivity contribution in [1.29, 1.82) is 0 Å². The van der Waals surface area contributed by atoms with E-state index in [-0.39, 0.29) is 0 Å². The van der Waals surface area contributed by atoms with E-state index in [0.29, 0.717) is 0 Å². The maximum absolute atomic E-state index is 3.56. The molecule has 0 bridgehead atoms. The highest BCUT2D eigenvalue weighted by atomic mass is 15.2. The Morgan fingerprint density at radius 1 is 1.06 bits per heavy atom. The fourth-order valence-corrected chi connectivity index (χ4v) is 2.32. The first kappa shape index (κ1) is 14.9. The van der Waals surface area contributed by atoms with Gasteiger partial charge in [-0.2, -0.15) is 0 Å². The maximum atomic E-state index is 3.56. The average molecular weight is 241 g/mol. The summed E-state index contributed by atoms with van der Waals surface area (Å²) in [5.74, 6) is 0.845. The van der Waals surface area contributed by atoms with Gasteiger partial charge in [0.05, 0.1) is 0 Å². The van der Waals surface area contributed by atoms with Gasteiger partial charge >= 0.3 is 0 Å². The third kappa shape index (κ3) is 7.74. The van der Waals surface area contributed by atoms with E-state index in [4.69, 9.17) is 0 Å². The van der Waals surface area contributed by atoms with Crippen LogP contribution in [0, 0.1) is 5.92 Å². The molecule has 0 amide bonds. The summed E-state index contributed by atoms with van der Waals surface area (Å²) in [5.41, 5.74) is 0. The van der Waals surface area contributed by atoms with Crippen LogP contribution < -0.4 is 5.32 Å². The molecule has 0 aromatic rings. The van der Waals surface area contributed by atoms with Gasteiger partial charge in [-0.3, -0.25) is 0 Å². The van der Waals surface area contributed by atoms with Gasteiger partial charge < -0.3 is 15.1 Å². The van der Waals surface area contributed by atoms with Crippen molar-refractivity contribution in [2.75, 3.05) is 52.9 Å². The molecule has 3 heteroatoms. The Hall–Kier alpha value is -0.120. The van der Waals surface area contributed by atoms with E-state index in [1.54, 1.807) is 0 Å². The van der Waals surface area contributed by atoms with Crippen LogP contribution in [0.1, 0.15) is 33.1 Å². The number of nitrogens with one attached hydrogen (secondary N) is 1. The number of rotatable bonds is 7. The lowest BCUT2D eigenvalue weighted by atomic mass is 10.1. The van der Waals surface area contributed by atoms with E-state index < -0.39 is 0 Å². The van der Waals surface area contributed by atoms with Crippen molar-refractivity contribution >= 4 is 0 Å². The van der Waals surface area contributed by atoms with Crippen molar-refractivity contribution in [3.63, 3.8) is 0 Å². The monoisotopic (exact) mass is 241 g/mol. The van der Waals surface area contributed by atoms with Crippen molar-refractivity contribution < 1.29 is 0 Å². The Kier molecular flexibility index (Phi) is 7.82. The van der Waals surface area contributed by atoms with Crippen molar-refractivity contribution in [3.05, 3.63) is 0 Å². The summed E-state index contributed by atoms with van der Waals surface area (Å²) in [6.07, 6.45) is 3.99. The second-order valence-electron chi connectivity index (χ2n) is 5.78. The molecule has 1 fully saturated rings. The standard InChI is InChI=1S/C14H31N3/c1-14(2)6-4-7-15-8-11-17-10-5-9-16(3)12-13-17/h14-15H,4-13H2,1-3H3. The number of likely N-dealkylation sites (N-methyl/N-ethyl adjacent to an activating group) is 1. The summed E-state index contributed by atoms with van der Waals surface area (Å²) in [5, 5.41) is 3.56. The van der Waals surface area contributed by atoms with E-state index in [1.807, 2.05) is 0 Å². The normalized spacial score (nSPS) is 19.8. The van der Waals surface area contributed by atoms with Crippen LogP contribution in [0.2, 0.25) is 0 Å². The molecule has 0 saturated carbocycles. The molecule has 0 radical (unpaired) electrons. The molecule has 1 N–H and O–H groups in total. The molecule has 0 aromatic carbocycles. The molecular weight excluding hydrogens is 210 g/mol. The van der Waals surface area contributed by atoms with Crippen LogP contribution in [0.25, 0.3) is 0 Å². The minimum Gasteiger partial charge on any atom is -0.315 e. The highest BCUT2D eigenvalue weighted by molar-refractivity contribution is 4.68. The van der Waals surface area contributed by atoms with Gasteiger partial charge in [-0.1, -0.05) is 13.8 Å². The first-order valence-corrected chi connectivity index (χ1v) is 7.30. The van der Waals surface area contributed by atoms with Crippen LogP contribution in [0.3, 0.4) is 0 Å². The zero-order chi connectivity index (χ0) is 12.5. The molecule has 1 aliphatic heterocycles. The van der Waals surface area contributed by atoms with Crippen LogP contribution in [0.15, 0.2) is 0 Å². The lowest BCUT2D eigenvalue weighted by Crippen LogP contribution is -2.35. The van der Waals surface area contributed by atoms with Gasteiger partial charge in [-0.15, -0.1) is 0 Å². The Bertz CT molecular complexity index is 182. The molecule has 0 atom stereocenters. The second kappa shape index (κ2) is 8.90. The Balaban J connectivity index is 1.95. The summed E-state index contributed by atoms with van der Waals surface area (Å²) < 4.78 is 0. The number of hydrogen-bond acceptors (Lipinski definition) is 3. The van der Waals surface area contributed by atoms with Gasteiger partial charge in [0.15, 0.2) is 0 Å². The topological polar surface area (TPSA) is 18.5 Å². The first-order chi connectivity index (χ1) is 8.18. The number of hydrogen-bond donors (Lipinski definition) is 1. The summed E-state index contributed by atoms with van der Waals surface area (Å²) in [7, 11) is 2.23. The third-order valence-corrected chi connectivity index (χ3v) is 3.55. The van der Waals surface area contributed by atoms with E-state index in [9.17, 15) is 0 Å². The second-order valence-corrected chi connectivity index (χ2v) is 5.78. The maximum Gasteiger partial charge on any atom is 0.0110 e. The SMILES string of the molecule is CC(C)CCCNCCN1CCCN(C)CC1. The van der Waals surface area contributed by atoms with E-state index in [2.05, 4.69) is 36.0 Å².